The number of aliphatic hydroxyl groups is 1. The summed E-state index contributed by atoms with van der Waals surface area (Å²) < 4.78 is 5.29. The van der Waals surface area contributed by atoms with Gasteiger partial charge in [0, 0.05) is 13.2 Å². The molecular formula is C11H20O2. The molecule has 0 aromatic rings. The fourth-order valence-electron chi connectivity index (χ4n) is 2.36. The highest BCUT2D eigenvalue weighted by Crippen LogP contribution is 2.32. The summed E-state index contributed by atoms with van der Waals surface area (Å²) in [6.45, 7) is 1.78. The van der Waals surface area contributed by atoms with Crippen LogP contribution in [-0.2, 0) is 4.74 Å². The minimum Gasteiger partial charge on any atom is -0.393 e. The van der Waals surface area contributed by atoms with Gasteiger partial charge in [-0.2, -0.15) is 0 Å². The molecule has 0 spiro atoms. The van der Waals surface area contributed by atoms with Crippen molar-refractivity contribution in [1.29, 1.82) is 0 Å². The number of hydrogen-bond donors (Lipinski definition) is 1. The summed E-state index contributed by atoms with van der Waals surface area (Å²) in [7, 11) is 0. The van der Waals surface area contributed by atoms with E-state index in [0.717, 1.165) is 38.4 Å². The third-order valence-corrected chi connectivity index (χ3v) is 3.46. The Kier molecular flexibility index (Phi) is 3.23. The Hall–Kier alpha value is -0.0800. The zero-order valence-electron chi connectivity index (χ0n) is 8.24. The first-order valence-corrected chi connectivity index (χ1v) is 5.60. The molecule has 1 heterocycles. The zero-order valence-corrected chi connectivity index (χ0v) is 8.24. The van der Waals surface area contributed by atoms with E-state index < -0.39 is 0 Å². The Bertz CT molecular complexity index is 148. The lowest BCUT2D eigenvalue weighted by Crippen LogP contribution is -2.21. The maximum atomic E-state index is 9.79. The van der Waals surface area contributed by atoms with E-state index in [1.54, 1.807) is 0 Å². The van der Waals surface area contributed by atoms with Gasteiger partial charge in [-0.05, 0) is 31.1 Å². The molecule has 0 radical (unpaired) electrons. The van der Waals surface area contributed by atoms with Gasteiger partial charge in [0.2, 0.25) is 0 Å². The van der Waals surface area contributed by atoms with Gasteiger partial charge >= 0.3 is 0 Å². The van der Waals surface area contributed by atoms with Gasteiger partial charge in [0.25, 0.3) is 0 Å². The van der Waals surface area contributed by atoms with Gasteiger partial charge in [0.1, 0.15) is 0 Å². The molecule has 1 N–H and O–H groups in total. The van der Waals surface area contributed by atoms with Gasteiger partial charge in [-0.1, -0.05) is 19.3 Å². The lowest BCUT2D eigenvalue weighted by atomic mass is 9.80. The highest BCUT2D eigenvalue weighted by Gasteiger charge is 2.24. The van der Waals surface area contributed by atoms with Crippen molar-refractivity contribution >= 4 is 0 Å². The fourth-order valence-corrected chi connectivity index (χ4v) is 2.36. The molecular weight excluding hydrogens is 164 g/mol. The van der Waals surface area contributed by atoms with Crippen LogP contribution in [-0.4, -0.2) is 24.4 Å². The Morgan fingerprint density at radius 2 is 1.92 bits per heavy atom. The largest absolute Gasteiger partial charge is 0.393 e. The van der Waals surface area contributed by atoms with Crippen LogP contribution >= 0.6 is 0 Å². The second-order valence-electron chi connectivity index (χ2n) is 4.65. The second-order valence-corrected chi connectivity index (χ2v) is 4.65. The van der Waals surface area contributed by atoms with Gasteiger partial charge in [0.15, 0.2) is 0 Å². The van der Waals surface area contributed by atoms with Crippen LogP contribution in [0.5, 0.6) is 0 Å². The summed E-state index contributed by atoms with van der Waals surface area (Å²) in [5.74, 6) is 1.47. The standard InChI is InChI=1S/C11H20O2/c12-11(6-9-2-1-3-9)7-10-4-5-13-8-10/h9-12H,1-8H2. The summed E-state index contributed by atoms with van der Waals surface area (Å²) in [4.78, 5) is 0. The zero-order chi connectivity index (χ0) is 9.10. The molecule has 2 fully saturated rings. The summed E-state index contributed by atoms with van der Waals surface area (Å²) in [6, 6.07) is 0. The van der Waals surface area contributed by atoms with Crippen LogP contribution in [0.3, 0.4) is 0 Å². The molecule has 0 bridgehead atoms. The first kappa shape index (κ1) is 9.47. The Morgan fingerprint density at radius 3 is 2.46 bits per heavy atom. The molecule has 76 valence electrons. The minimum absolute atomic E-state index is 0.0583. The molecule has 13 heavy (non-hydrogen) atoms. The Labute approximate surface area is 80.3 Å². The van der Waals surface area contributed by atoms with Gasteiger partial charge in [-0.3, -0.25) is 0 Å². The number of aliphatic hydroxyl groups excluding tert-OH is 1. The first-order valence-electron chi connectivity index (χ1n) is 5.60. The Morgan fingerprint density at radius 1 is 1.15 bits per heavy atom. The van der Waals surface area contributed by atoms with Crippen molar-refractivity contribution in [3.05, 3.63) is 0 Å². The topological polar surface area (TPSA) is 29.5 Å². The second kappa shape index (κ2) is 4.43. The molecule has 0 aromatic heterocycles. The molecule has 0 amide bonds. The van der Waals surface area contributed by atoms with E-state index in [1.165, 1.54) is 19.3 Å². The van der Waals surface area contributed by atoms with Gasteiger partial charge < -0.3 is 9.84 Å². The van der Waals surface area contributed by atoms with Gasteiger partial charge in [0.05, 0.1) is 6.10 Å². The van der Waals surface area contributed by atoms with E-state index in [0.29, 0.717) is 5.92 Å². The fraction of sp³-hybridized carbons (Fsp3) is 1.00. The van der Waals surface area contributed by atoms with Gasteiger partial charge in [-0.25, -0.2) is 0 Å². The predicted octanol–water partition coefficient (Wildman–Crippen LogP) is 1.96. The van der Waals surface area contributed by atoms with Crippen molar-refractivity contribution in [1.82, 2.24) is 0 Å². The molecule has 2 atom stereocenters. The third kappa shape index (κ3) is 2.68. The van der Waals surface area contributed by atoms with E-state index in [2.05, 4.69) is 0 Å². The van der Waals surface area contributed by atoms with E-state index in [4.69, 9.17) is 4.74 Å². The lowest BCUT2D eigenvalue weighted by Gasteiger charge is -2.28. The molecule has 0 aromatic carbocycles. The summed E-state index contributed by atoms with van der Waals surface area (Å²) >= 11 is 0. The van der Waals surface area contributed by atoms with Crippen molar-refractivity contribution in [2.75, 3.05) is 13.2 Å². The van der Waals surface area contributed by atoms with Crippen molar-refractivity contribution in [2.24, 2.45) is 11.8 Å². The lowest BCUT2D eigenvalue weighted by molar-refractivity contribution is 0.0891. The first-order chi connectivity index (χ1) is 6.34. The molecule has 2 rings (SSSR count). The third-order valence-electron chi connectivity index (χ3n) is 3.46. The molecule has 2 unspecified atom stereocenters. The summed E-state index contributed by atoms with van der Waals surface area (Å²) in [6.07, 6.45) is 7.17. The summed E-state index contributed by atoms with van der Waals surface area (Å²) in [5.41, 5.74) is 0. The van der Waals surface area contributed by atoms with Crippen LogP contribution in [0.15, 0.2) is 0 Å². The van der Waals surface area contributed by atoms with Crippen molar-refractivity contribution in [3.8, 4) is 0 Å². The van der Waals surface area contributed by atoms with Crippen LogP contribution in [0.1, 0.15) is 38.5 Å². The van der Waals surface area contributed by atoms with Crippen LogP contribution in [0, 0.1) is 11.8 Å². The highest BCUT2D eigenvalue weighted by molar-refractivity contribution is 4.76. The average Bonchev–Trinajstić information content (AvgIpc) is 2.49. The molecule has 2 aliphatic rings. The number of rotatable bonds is 4. The molecule has 1 saturated heterocycles. The van der Waals surface area contributed by atoms with Crippen LogP contribution in [0.4, 0.5) is 0 Å². The summed E-state index contributed by atoms with van der Waals surface area (Å²) in [5, 5.41) is 9.79. The molecule has 2 nitrogen and oxygen atoms in total. The molecule has 1 aliphatic heterocycles. The van der Waals surface area contributed by atoms with Gasteiger partial charge in [-0.15, -0.1) is 0 Å². The SMILES string of the molecule is OC(CC1CCC1)CC1CCOC1. The van der Waals surface area contributed by atoms with Crippen LogP contribution in [0.2, 0.25) is 0 Å². The average molecular weight is 184 g/mol. The molecule has 1 aliphatic carbocycles. The normalized spacial score (nSPS) is 31.6. The molecule has 2 heteroatoms. The van der Waals surface area contributed by atoms with E-state index in [-0.39, 0.29) is 6.10 Å². The quantitative estimate of drug-likeness (QED) is 0.723. The predicted molar refractivity (Wildman–Crippen MR) is 51.5 cm³/mol. The maximum Gasteiger partial charge on any atom is 0.0546 e. The van der Waals surface area contributed by atoms with Crippen molar-refractivity contribution < 1.29 is 9.84 Å². The number of ether oxygens (including phenoxy) is 1. The molecule has 1 saturated carbocycles. The number of hydrogen-bond acceptors (Lipinski definition) is 2. The monoisotopic (exact) mass is 184 g/mol. The van der Waals surface area contributed by atoms with Crippen LogP contribution in [0.25, 0.3) is 0 Å². The van der Waals surface area contributed by atoms with E-state index in [1.807, 2.05) is 0 Å². The highest BCUT2D eigenvalue weighted by atomic mass is 16.5. The van der Waals surface area contributed by atoms with E-state index in [9.17, 15) is 5.11 Å². The van der Waals surface area contributed by atoms with Crippen molar-refractivity contribution in [2.45, 2.75) is 44.6 Å². The minimum atomic E-state index is -0.0583. The Balaban J connectivity index is 1.61. The maximum absolute atomic E-state index is 9.79. The van der Waals surface area contributed by atoms with E-state index >= 15 is 0 Å². The van der Waals surface area contributed by atoms with Crippen LogP contribution < -0.4 is 0 Å². The van der Waals surface area contributed by atoms with Crippen molar-refractivity contribution in [3.63, 3.8) is 0 Å². The smallest absolute Gasteiger partial charge is 0.0546 e.